The highest BCUT2D eigenvalue weighted by Crippen LogP contribution is 2.23. The van der Waals surface area contributed by atoms with Crippen LogP contribution in [0.4, 0.5) is 0 Å². The van der Waals surface area contributed by atoms with E-state index in [-0.39, 0.29) is 0 Å². The molecule has 28 heavy (non-hydrogen) atoms. The van der Waals surface area contributed by atoms with Crippen LogP contribution < -0.4 is 14.9 Å². The molecule has 0 aliphatic carbocycles. The maximum atomic E-state index is 6.16. The van der Waals surface area contributed by atoms with Crippen molar-refractivity contribution in [3.63, 3.8) is 0 Å². The van der Waals surface area contributed by atoms with Gasteiger partial charge in [0.1, 0.15) is 18.1 Å². The average Bonchev–Trinajstić information content (AvgIpc) is 2.72. The molecule has 3 aromatic rings. The molecule has 1 N–H and O–H groups in total. The van der Waals surface area contributed by atoms with E-state index in [2.05, 4.69) is 10.5 Å². The number of methoxy groups -OCH3 is 1. The molecule has 0 aliphatic rings. The Morgan fingerprint density at radius 3 is 2.50 bits per heavy atom. The molecule has 0 amide bonds. The second-order valence-electron chi connectivity index (χ2n) is 6.00. The standard InChI is InChI=1S/C22H20Cl2N2O2/c1-27-22-5-3-2-4-17(22)14-26-25-13-16-6-10-20(11-7-16)28-15-18-8-9-19(23)12-21(18)24/h2-13,26H,14-15H2,1H3/b25-13+. The molecule has 6 heteroatoms. The van der Waals surface area contributed by atoms with Crippen molar-refractivity contribution in [3.8, 4) is 11.5 Å². The zero-order valence-electron chi connectivity index (χ0n) is 15.4. The summed E-state index contributed by atoms with van der Waals surface area (Å²) in [5, 5.41) is 5.46. The Kier molecular flexibility index (Phi) is 7.18. The fourth-order valence-electron chi connectivity index (χ4n) is 2.55. The van der Waals surface area contributed by atoms with Crippen LogP contribution in [-0.4, -0.2) is 13.3 Å². The fourth-order valence-corrected chi connectivity index (χ4v) is 3.01. The molecule has 0 saturated carbocycles. The first-order valence-electron chi connectivity index (χ1n) is 8.70. The number of hydrogen-bond acceptors (Lipinski definition) is 4. The largest absolute Gasteiger partial charge is 0.496 e. The van der Waals surface area contributed by atoms with E-state index in [0.717, 1.165) is 28.2 Å². The molecular weight excluding hydrogens is 395 g/mol. The first kappa shape index (κ1) is 20.1. The van der Waals surface area contributed by atoms with Crippen LogP contribution in [0, 0.1) is 0 Å². The van der Waals surface area contributed by atoms with Crippen LogP contribution in [0.25, 0.3) is 0 Å². The summed E-state index contributed by atoms with van der Waals surface area (Å²) in [4.78, 5) is 0. The lowest BCUT2D eigenvalue weighted by molar-refractivity contribution is 0.306. The van der Waals surface area contributed by atoms with Gasteiger partial charge in [-0.05, 0) is 48.0 Å². The number of nitrogens with zero attached hydrogens (tertiary/aromatic N) is 1. The Labute approximate surface area is 174 Å². The Bertz CT molecular complexity index is 944. The van der Waals surface area contributed by atoms with Gasteiger partial charge >= 0.3 is 0 Å². The van der Waals surface area contributed by atoms with E-state index >= 15 is 0 Å². The molecule has 0 atom stereocenters. The molecule has 0 fully saturated rings. The second-order valence-corrected chi connectivity index (χ2v) is 6.84. The molecule has 0 aromatic heterocycles. The lowest BCUT2D eigenvalue weighted by Crippen LogP contribution is -2.06. The maximum Gasteiger partial charge on any atom is 0.123 e. The monoisotopic (exact) mass is 414 g/mol. The molecule has 3 aromatic carbocycles. The molecule has 0 radical (unpaired) electrons. The van der Waals surface area contributed by atoms with E-state index in [1.54, 1.807) is 25.5 Å². The van der Waals surface area contributed by atoms with E-state index in [1.807, 2.05) is 54.6 Å². The predicted octanol–water partition coefficient (Wildman–Crippen LogP) is 5.70. The van der Waals surface area contributed by atoms with Crippen molar-refractivity contribution in [2.45, 2.75) is 13.2 Å². The van der Waals surface area contributed by atoms with Gasteiger partial charge in [-0.2, -0.15) is 5.10 Å². The van der Waals surface area contributed by atoms with E-state index in [4.69, 9.17) is 32.7 Å². The number of hydrazone groups is 1. The van der Waals surface area contributed by atoms with Crippen molar-refractivity contribution in [1.82, 2.24) is 5.43 Å². The van der Waals surface area contributed by atoms with E-state index in [0.29, 0.717) is 23.2 Å². The summed E-state index contributed by atoms with van der Waals surface area (Å²) >= 11 is 12.1. The number of rotatable bonds is 8. The highest BCUT2D eigenvalue weighted by atomic mass is 35.5. The Hall–Kier alpha value is -2.69. The maximum absolute atomic E-state index is 6.16. The Balaban J connectivity index is 1.50. The zero-order chi connectivity index (χ0) is 19.8. The van der Waals surface area contributed by atoms with Gasteiger partial charge in [0.15, 0.2) is 0 Å². The summed E-state index contributed by atoms with van der Waals surface area (Å²) in [7, 11) is 1.66. The van der Waals surface area contributed by atoms with Gasteiger partial charge in [0, 0.05) is 21.2 Å². The van der Waals surface area contributed by atoms with E-state index in [1.165, 1.54) is 0 Å². The van der Waals surface area contributed by atoms with Gasteiger partial charge < -0.3 is 14.9 Å². The molecule has 0 saturated heterocycles. The van der Waals surface area contributed by atoms with Gasteiger partial charge in [0.2, 0.25) is 0 Å². The average molecular weight is 415 g/mol. The van der Waals surface area contributed by atoms with Gasteiger partial charge in [-0.25, -0.2) is 0 Å². The van der Waals surface area contributed by atoms with Crippen molar-refractivity contribution in [1.29, 1.82) is 0 Å². The Morgan fingerprint density at radius 2 is 1.75 bits per heavy atom. The smallest absolute Gasteiger partial charge is 0.123 e. The van der Waals surface area contributed by atoms with Crippen LogP contribution in [0.3, 0.4) is 0 Å². The summed E-state index contributed by atoms with van der Waals surface area (Å²) in [6.07, 6.45) is 1.76. The predicted molar refractivity (Wildman–Crippen MR) is 115 cm³/mol. The van der Waals surface area contributed by atoms with Crippen molar-refractivity contribution >= 4 is 29.4 Å². The number of hydrogen-bond donors (Lipinski definition) is 1. The Morgan fingerprint density at radius 1 is 0.964 bits per heavy atom. The highest BCUT2D eigenvalue weighted by molar-refractivity contribution is 6.35. The van der Waals surface area contributed by atoms with Crippen molar-refractivity contribution < 1.29 is 9.47 Å². The summed E-state index contributed by atoms with van der Waals surface area (Å²) in [5.41, 5.74) is 5.93. The zero-order valence-corrected chi connectivity index (χ0v) is 16.9. The van der Waals surface area contributed by atoms with Crippen LogP contribution in [0.2, 0.25) is 10.0 Å². The highest BCUT2D eigenvalue weighted by Gasteiger charge is 2.03. The van der Waals surface area contributed by atoms with E-state index < -0.39 is 0 Å². The normalized spacial score (nSPS) is 10.8. The summed E-state index contributed by atoms with van der Waals surface area (Å²) in [6, 6.07) is 20.9. The minimum atomic E-state index is 0.379. The second kappa shape index (κ2) is 10.0. The summed E-state index contributed by atoms with van der Waals surface area (Å²) in [5.74, 6) is 1.60. The molecule has 0 aliphatic heterocycles. The number of benzene rings is 3. The molecule has 4 nitrogen and oxygen atoms in total. The van der Waals surface area contributed by atoms with Crippen molar-refractivity contribution in [2.24, 2.45) is 5.10 Å². The van der Waals surface area contributed by atoms with Gasteiger partial charge in [0.25, 0.3) is 0 Å². The summed E-state index contributed by atoms with van der Waals surface area (Å²) in [6.45, 7) is 0.966. The van der Waals surface area contributed by atoms with Gasteiger partial charge in [-0.3, -0.25) is 0 Å². The van der Waals surface area contributed by atoms with Gasteiger partial charge in [-0.1, -0.05) is 47.5 Å². The molecule has 3 rings (SSSR count). The molecule has 0 heterocycles. The third-order valence-corrected chi connectivity index (χ3v) is 4.64. The van der Waals surface area contributed by atoms with Crippen molar-refractivity contribution in [2.75, 3.05) is 7.11 Å². The topological polar surface area (TPSA) is 42.8 Å². The SMILES string of the molecule is COc1ccccc1CN/N=C/c1ccc(OCc2ccc(Cl)cc2Cl)cc1. The molecule has 0 spiro atoms. The molecule has 144 valence electrons. The lowest BCUT2D eigenvalue weighted by atomic mass is 10.2. The van der Waals surface area contributed by atoms with Gasteiger partial charge in [-0.15, -0.1) is 0 Å². The van der Waals surface area contributed by atoms with E-state index in [9.17, 15) is 0 Å². The third-order valence-electron chi connectivity index (χ3n) is 4.06. The lowest BCUT2D eigenvalue weighted by Gasteiger charge is -2.08. The fraction of sp³-hybridized carbons (Fsp3) is 0.136. The number of nitrogens with one attached hydrogen (secondary N) is 1. The van der Waals surface area contributed by atoms with Gasteiger partial charge in [0.05, 0.1) is 19.9 Å². The third kappa shape index (κ3) is 5.65. The number of ether oxygens (including phenoxy) is 2. The van der Waals surface area contributed by atoms with Crippen LogP contribution in [-0.2, 0) is 13.2 Å². The molecular formula is C22H20Cl2N2O2. The molecule has 0 bridgehead atoms. The van der Waals surface area contributed by atoms with Crippen LogP contribution >= 0.6 is 23.2 Å². The minimum Gasteiger partial charge on any atom is -0.496 e. The van der Waals surface area contributed by atoms with Crippen LogP contribution in [0.1, 0.15) is 16.7 Å². The van der Waals surface area contributed by atoms with Crippen LogP contribution in [0.5, 0.6) is 11.5 Å². The van der Waals surface area contributed by atoms with Crippen molar-refractivity contribution in [3.05, 3.63) is 93.5 Å². The summed E-state index contributed by atoms with van der Waals surface area (Å²) < 4.78 is 11.1. The number of para-hydroxylation sites is 1. The number of halogens is 2. The van der Waals surface area contributed by atoms with Crippen LogP contribution in [0.15, 0.2) is 71.8 Å². The molecule has 0 unspecified atom stereocenters. The first-order valence-corrected chi connectivity index (χ1v) is 9.46. The minimum absolute atomic E-state index is 0.379. The first-order chi connectivity index (χ1) is 13.7. The quantitative estimate of drug-likeness (QED) is 0.379.